The Kier molecular flexibility index (Phi) is 8.71. The minimum atomic E-state index is -3.68. The molecule has 6 heteroatoms. The maximum atomic E-state index is 13.2. The number of aliphatic hydroxyl groups is 1. The Bertz CT molecular complexity index is 583. The maximum absolute atomic E-state index is 13.2. The molecule has 0 aliphatic heterocycles. The number of aliphatic hydroxyl groups excluding tert-OH is 1. The molecule has 0 saturated heterocycles. The Morgan fingerprint density at radius 3 is 2.08 bits per heavy atom. The summed E-state index contributed by atoms with van der Waals surface area (Å²) in [5.74, 6) is 0.569. The largest absolute Gasteiger partial charge is 0.395 e. The predicted molar refractivity (Wildman–Crippen MR) is 99.7 cm³/mol. The third kappa shape index (κ3) is 5.73. The molecule has 24 heavy (non-hydrogen) atoms. The minimum Gasteiger partial charge on any atom is -0.395 e. The van der Waals surface area contributed by atoms with Crippen LogP contribution in [0, 0.1) is 11.8 Å². The normalized spacial score (nSPS) is 13.9. The van der Waals surface area contributed by atoms with Crippen molar-refractivity contribution in [2.45, 2.75) is 57.9 Å². The molecule has 1 rings (SSSR count). The number of halogens is 1. The molecule has 1 aromatic rings. The number of sulfonamides is 1. The van der Waals surface area contributed by atoms with E-state index in [0.29, 0.717) is 23.9 Å². The van der Waals surface area contributed by atoms with Crippen LogP contribution in [0.4, 0.5) is 0 Å². The molecule has 1 N–H and O–H groups in total. The molecular weight excluding hydrogens is 346 g/mol. The van der Waals surface area contributed by atoms with Crippen molar-refractivity contribution in [3.05, 3.63) is 29.3 Å². The van der Waals surface area contributed by atoms with Gasteiger partial charge in [-0.05, 0) is 42.5 Å². The van der Waals surface area contributed by atoms with Gasteiger partial charge in [0.05, 0.1) is 11.5 Å². The molecule has 0 aliphatic rings. The van der Waals surface area contributed by atoms with Gasteiger partial charge in [-0.15, -0.1) is 0 Å². The molecular formula is C18H30ClNO3S. The van der Waals surface area contributed by atoms with Crippen LogP contribution in [0.2, 0.25) is 5.02 Å². The zero-order chi connectivity index (χ0) is 18.3. The Hall–Kier alpha value is -0.620. The van der Waals surface area contributed by atoms with Crippen molar-refractivity contribution in [3.63, 3.8) is 0 Å². The molecule has 1 atom stereocenters. The molecule has 0 fully saturated rings. The zero-order valence-corrected chi connectivity index (χ0v) is 16.6. The van der Waals surface area contributed by atoms with Gasteiger partial charge >= 0.3 is 0 Å². The summed E-state index contributed by atoms with van der Waals surface area (Å²) in [5.41, 5.74) is 0. The van der Waals surface area contributed by atoms with Gasteiger partial charge in [-0.2, -0.15) is 4.31 Å². The van der Waals surface area contributed by atoms with Crippen LogP contribution in [0.15, 0.2) is 29.2 Å². The predicted octanol–water partition coefficient (Wildman–Crippen LogP) is 4.17. The lowest BCUT2D eigenvalue weighted by atomic mass is 10.0. The maximum Gasteiger partial charge on any atom is 0.243 e. The summed E-state index contributed by atoms with van der Waals surface area (Å²) in [6.07, 6.45) is 2.44. The molecule has 0 bridgehead atoms. The zero-order valence-electron chi connectivity index (χ0n) is 15.1. The van der Waals surface area contributed by atoms with E-state index in [2.05, 4.69) is 13.8 Å². The van der Waals surface area contributed by atoms with Gasteiger partial charge in [0.2, 0.25) is 10.0 Å². The van der Waals surface area contributed by atoms with Crippen LogP contribution >= 0.6 is 11.6 Å². The summed E-state index contributed by atoms with van der Waals surface area (Å²) in [6.45, 7) is 8.45. The standard InChI is InChI=1S/C18H30ClNO3S/c1-5-15(6-2)12-20(17(13-21)11-14(3)4)24(22,23)18-9-7-16(19)8-10-18/h7-10,14-15,17,21H,5-6,11-13H2,1-4H3/t17-/m1/s1. The molecule has 0 heterocycles. The van der Waals surface area contributed by atoms with Crippen LogP contribution in [0.25, 0.3) is 0 Å². The average molecular weight is 376 g/mol. The number of hydrogen-bond acceptors (Lipinski definition) is 3. The highest BCUT2D eigenvalue weighted by molar-refractivity contribution is 7.89. The second-order valence-electron chi connectivity index (χ2n) is 6.68. The first-order chi connectivity index (χ1) is 11.3. The topological polar surface area (TPSA) is 57.6 Å². The van der Waals surface area contributed by atoms with Gasteiger partial charge in [-0.1, -0.05) is 52.1 Å². The second kappa shape index (κ2) is 9.76. The summed E-state index contributed by atoms with van der Waals surface area (Å²) in [5, 5.41) is 10.3. The number of rotatable bonds is 10. The van der Waals surface area contributed by atoms with Crippen molar-refractivity contribution in [1.82, 2.24) is 4.31 Å². The summed E-state index contributed by atoms with van der Waals surface area (Å²) in [7, 11) is -3.68. The van der Waals surface area contributed by atoms with Crippen LogP contribution in [0.1, 0.15) is 47.0 Å². The highest BCUT2D eigenvalue weighted by atomic mass is 35.5. The number of nitrogens with zero attached hydrogens (tertiary/aromatic N) is 1. The monoisotopic (exact) mass is 375 g/mol. The Balaban J connectivity index is 3.25. The molecule has 0 amide bonds. The lowest BCUT2D eigenvalue weighted by Gasteiger charge is -2.33. The van der Waals surface area contributed by atoms with Crippen molar-refractivity contribution >= 4 is 21.6 Å². The summed E-state index contributed by atoms with van der Waals surface area (Å²) < 4.78 is 27.8. The lowest BCUT2D eigenvalue weighted by molar-refractivity contribution is 0.154. The van der Waals surface area contributed by atoms with Gasteiger partial charge in [0, 0.05) is 17.6 Å². The molecule has 0 unspecified atom stereocenters. The van der Waals surface area contributed by atoms with E-state index in [9.17, 15) is 13.5 Å². The SMILES string of the molecule is CCC(CC)CN([C@@H](CO)CC(C)C)S(=O)(=O)c1ccc(Cl)cc1. The first-order valence-corrected chi connectivity index (χ1v) is 10.5. The summed E-state index contributed by atoms with van der Waals surface area (Å²) >= 11 is 5.88. The van der Waals surface area contributed by atoms with Gasteiger partial charge < -0.3 is 5.11 Å². The quantitative estimate of drug-likeness (QED) is 0.667. The molecule has 4 nitrogen and oxygen atoms in total. The van der Waals surface area contributed by atoms with Crippen LogP contribution in [-0.2, 0) is 10.0 Å². The van der Waals surface area contributed by atoms with Crippen molar-refractivity contribution in [1.29, 1.82) is 0 Å². The Morgan fingerprint density at radius 1 is 1.12 bits per heavy atom. The fourth-order valence-electron chi connectivity index (χ4n) is 2.81. The van der Waals surface area contributed by atoms with Gasteiger partial charge in [-0.3, -0.25) is 0 Å². The van der Waals surface area contributed by atoms with Crippen molar-refractivity contribution in [2.75, 3.05) is 13.2 Å². The lowest BCUT2D eigenvalue weighted by Crippen LogP contribution is -2.45. The van der Waals surface area contributed by atoms with E-state index in [4.69, 9.17) is 11.6 Å². The molecule has 0 radical (unpaired) electrons. The first kappa shape index (κ1) is 21.4. The van der Waals surface area contributed by atoms with E-state index < -0.39 is 16.1 Å². The fourth-order valence-corrected chi connectivity index (χ4v) is 4.64. The van der Waals surface area contributed by atoms with Crippen molar-refractivity contribution in [2.24, 2.45) is 11.8 Å². The van der Waals surface area contributed by atoms with Crippen molar-refractivity contribution in [3.8, 4) is 0 Å². The summed E-state index contributed by atoms with van der Waals surface area (Å²) in [4.78, 5) is 0.222. The molecule has 0 aliphatic carbocycles. The number of hydrogen-bond donors (Lipinski definition) is 1. The van der Waals surface area contributed by atoms with Crippen molar-refractivity contribution < 1.29 is 13.5 Å². The van der Waals surface area contributed by atoms with Gasteiger partial charge in [0.25, 0.3) is 0 Å². The van der Waals surface area contributed by atoms with Gasteiger partial charge in [0.15, 0.2) is 0 Å². The van der Waals surface area contributed by atoms with Crippen LogP contribution < -0.4 is 0 Å². The van der Waals surface area contributed by atoms with E-state index in [1.54, 1.807) is 12.1 Å². The number of benzene rings is 1. The van der Waals surface area contributed by atoms with E-state index >= 15 is 0 Å². The third-order valence-electron chi connectivity index (χ3n) is 4.37. The highest BCUT2D eigenvalue weighted by Crippen LogP contribution is 2.25. The van der Waals surface area contributed by atoms with E-state index in [0.717, 1.165) is 12.8 Å². The highest BCUT2D eigenvalue weighted by Gasteiger charge is 2.32. The molecule has 0 saturated carbocycles. The summed E-state index contributed by atoms with van der Waals surface area (Å²) in [6, 6.07) is 5.81. The fraction of sp³-hybridized carbons (Fsp3) is 0.667. The van der Waals surface area contributed by atoms with Crippen LogP contribution in [0.5, 0.6) is 0 Å². The molecule has 138 valence electrons. The van der Waals surface area contributed by atoms with Gasteiger partial charge in [-0.25, -0.2) is 8.42 Å². The molecule has 0 spiro atoms. The smallest absolute Gasteiger partial charge is 0.243 e. The average Bonchev–Trinajstić information content (AvgIpc) is 2.54. The van der Waals surface area contributed by atoms with E-state index in [1.165, 1.54) is 16.4 Å². The van der Waals surface area contributed by atoms with E-state index in [1.807, 2.05) is 13.8 Å². The van der Waals surface area contributed by atoms with Crippen LogP contribution in [-0.4, -0.2) is 37.0 Å². The van der Waals surface area contributed by atoms with Gasteiger partial charge in [0.1, 0.15) is 0 Å². The van der Waals surface area contributed by atoms with E-state index in [-0.39, 0.29) is 17.4 Å². The minimum absolute atomic E-state index is 0.175. The van der Waals surface area contributed by atoms with Crippen LogP contribution in [0.3, 0.4) is 0 Å². The Morgan fingerprint density at radius 2 is 1.67 bits per heavy atom. The second-order valence-corrected chi connectivity index (χ2v) is 9.00. The first-order valence-electron chi connectivity index (χ1n) is 8.64. The Labute approximate surface area is 151 Å². The third-order valence-corrected chi connectivity index (χ3v) is 6.56. The molecule has 1 aromatic carbocycles. The molecule has 0 aromatic heterocycles.